The van der Waals surface area contributed by atoms with Crippen LogP contribution in [-0.4, -0.2) is 12.7 Å². The van der Waals surface area contributed by atoms with Crippen LogP contribution in [0.5, 0.6) is 0 Å². The van der Waals surface area contributed by atoms with E-state index < -0.39 is 0 Å². The Morgan fingerprint density at radius 1 is 0.840 bits per heavy atom. The van der Waals surface area contributed by atoms with Gasteiger partial charge in [0, 0.05) is 11.8 Å². The highest BCUT2D eigenvalue weighted by Gasteiger charge is 2.23. The van der Waals surface area contributed by atoms with Gasteiger partial charge in [-0.2, -0.15) is 0 Å². The molecular formula is C23H30O2. The predicted octanol–water partition coefficient (Wildman–Crippen LogP) is 5.64. The van der Waals surface area contributed by atoms with E-state index in [2.05, 4.69) is 69.3 Å². The van der Waals surface area contributed by atoms with E-state index in [-0.39, 0.29) is 6.10 Å². The van der Waals surface area contributed by atoms with Gasteiger partial charge in [0.05, 0.1) is 25.9 Å². The zero-order valence-corrected chi connectivity index (χ0v) is 15.6. The maximum Gasteiger partial charge on any atom is 0.0721 e. The van der Waals surface area contributed by atoms with Crippen molar-refractivity contribution in [1.82, 2.24) is 0 Å². The van der Waals surface area contributed by atoms with Crippen LogP contribution in [0.2, 0.25) is 0 Å². The van der Waals surface area contributed by atoms with E-state index in [0.717, 1.165) is 0 Å². The smallest absolute Gasteiger partial charge is 0.0721 e. The molecule has 0 fully saturated rings. The summed E-state index contributed by atoms with van der Waals surface area (Å²) in [7, 11) is 0. The number of rotatable bonds is 10. The van der Waals surface area contributed by atoms with Gasteiger partial charge in [-0.3, -0.25) is 0 Å². The van der Waals surface area contributed by atoms with Crippen LogP contribution in [0.25, 0.3) is 0 Å². The summed E-state index contributed by atoms with van der Waals surface area (Å²) >= 11 is 0. The highest BCUT2D eigenvalue weighted by molar-refractivity contribution is 5.14. The molecule has 0 bridgehead atoms. The molecule has 134 valence electrons. The predicted molar refractivity (Wildman–Crippen MR) is 104 cm³/mol. The van der Waals surface area contributed by atoms with E-state index in [9.17, 15) is 0 Å². The van der Waals surface area contributed by atoms with Crippen LogP contribution in [-0.2, 0) is 22.7 Å². The fourth-order valence-electron chi connectivity index (χ4n) is 3.05. The van der Waals surface area contributed by atoms with Crippen LogP contribution in [0, 0.1) is 11.8 Å². The van der Waals surface area contributed by atoms with Gasteiger partial charge in [0.1, 0.15) is 0 Å². The molecule has 2 aromatic rings. The van der Waals surface area contributed by atoms with Gasteiger partial charge < -0.3 is 9.47 Å². The molecule has 25 heavy (non-hydrogen) atoms. The van der Waals surface area contributed by atoms with Crippen molar-refractivity contribution in [3.05, 3.63) is 83.9 Å². The Bertz CT molecular complexity index is 607. The van der Waals surface area contributed by atoms with Crippen LogP contribution in [0.1, 0.15) is 31.9 Å². The first-order valence-corrected chi connectivity index (χ1v) is 9.10. The van der Waals surface area contributed by atoms with Crippen molar-refractivity contribution >= 4 is 0 Å². The lowest BCUT2D eigenvalue weighted by atomic mass is 9.93. The Hall–Kier alpha value is -1.90. The summed E-state index contributed by atoms with van der Waals surface area (Å²) in [6, 6.07) is 20.6. The molecule has 0 heterocycles. The van der Waals surface area contributed by atoms with E-state index in [4.69, 9.17) is 9.47 Å². The van der Waals surface area contributed by atoms with Crippen LogP contribution < -0.4 is 0 Å². The molecule has 0 radical (unpaired) electrons. The third kappa shape index (κ3) is 6.85. The first-order valence-electron chi connectivity index (χ1n) is 9.10. The van der Waals surface area contributed by atoms with Crippen molar-refractivity contribution < 1.29 is 9.47 Å². The molecule has 3 atom stereocenters. The van der Waals surface area contributed by atoms with Gasteiger partial charge in [0.2, 0.25) is 0 Å². The Kier molecular flexibility index (Phi) is 8.44. The molecule has 0 aromatic heterocycles. The molecule has 2 nitrogen and oxygen atoms in total. The summed E-state index contributed by atoms with van der Waals surface area (Å²) in [6.07, 6.45) is 4.44. The molecule has 2 rings (SSSR count). The maximum atomic E-state index is 6.28. The van der Waals surface area contributed by atoms with Crippen LogP contribution in [0.4, 0.5) is 0 Å². The molecule has 0 spiro atoms. The van der Waals surface area contributed by atoms with Gasteiger partial charge in [-0.05, 0) is 18.1 Å². The summed E-state index contributed by atoms with van der Waals surface area (Å²) in [5.74, 6) is 0.669. The minimum absolute atomic E-state index is 0.132. The van der Waals surface area contributed by atoms with Gasteiger partial charge in [0.15, 0.2) is 0 Å². The summed E-state index contributed by atoms with van der Waals surface area (Å²) in [5, 5.41) is 0. The summed E-state index contributed by atoms with van der Waals surface area (Å²) in [4.78, 5) is 0. The third-order valence-corrected chi connectivity index (χ3v) is 4.35. The fraction of sp³-hybridized carbons (Fsp3) is 0.391. The molecule has 0 N–H and O–H groups in total. The second kappa shape index (κ2) is 10.9. The van der Waals surface area contributed by atoms with Gasteiger partial charge in [0.25, 0.3) is 0 Å². The van der Waals surface area contributed by atoms with Gasteiger partial charge in [-0.1, -0.05) is 86.7 Å². The first kappa shape index (κ1) is 19.4. The Labute approximate surface area is 152 Å². The quantitative estimate of drug-likeness (QED) is 0.522. The molecule has 0 aliphatic heterocycles. The average molecular weight is 338 g/mol. The van der Waals surface area contributed by atoms with Crippen molar-refractivity contribution in [3.8, 4) is 0 Å². The number of ether oxygens (including phenoxy) is 2. The molecule has 2 aromatic carbocycles. The topological polar surface area (TPSA) is 18.5 Å². The van der Waals surface area contributed by atoms with E-state index >= 15 is 0 Å². The summed E-state index contributed by atoms with van der Waals surface area (Å²) < 4.78 is 12.2. The lowest BCUT2D eigenvalue weighted by molar-refractivity contribution is -0.0454. The highest BCUT2D eigenvalue weighted by Crippen LogP contribution is 2.21. The van der Waals surface area contributed by atoms with Crippen molar-refractivity contribution in [3.63, 3.8) is 0 Å². The monoisotopic (exact) mass is 338 g/mol. The average Bonchev–Trinajstić information content (AvgIpc) is 2.64. The molecule has 0 aliphatic rings. The van der Waals surface area contributed by atoms with Crippen LogP contribution in [0.15, 0.2) is 72.8 Å². The molecule has 0 saturated carbocycles. The third-order valence-electron chi connectivity index (χ3n) is 4.35. The molecule has 1 unspecified atom stereocenters. The SMILES string of the molecule is C/C=C/[C@@H](C)C(OCc1ccccc1)[C@H](C)COCc1ccccc1. The molecule has 2 heteroatoms. The van der Waals surface area contributed by atoms with Gasteiger partial charge >= 0.3 is 0 Å². The summed E-state index contributed by atoms with van der Waals surface area (Å²) in [6.45, 7) is 8.45. The number of benzene rings is 2. The van der Waals surface area contributed by atoms with Crippen molar-refractivity contribution in [2.75, 3.05) is 6.61 Å². The van der Waals surface area contributed by atoms with Crippen molar-refractivity contribution in [1.29, 1.82) is 0 Å². The minimum Gasteiger partial charge on any atom is -0.376 e. The highest BCUT2D eigenvalue weighted by atomic mass is 16.5. The summed E-state index contributed by atoms with van der Waals surface area (Å²) in [5.41, 5.74) is 2.41. The standard InChI is InChI=1S/C23H30O2/c1-4-11-19(2)23(25-18-22-14-9-6-10-15-22)20(3)16-24-17-21-12-7-5-8-13-21/h4-15,19-20,23H,16-18H2,1-3H3/b11-4+/t19-,20-,23?/m1/s1. The fourth-order valence-corrected chi connectivity index (χ4v) is 3.05. The van der Waals surface area contributed by atoms with Gasteiger partial charge in [-0.15, -0.1) is 0 Å². The zero-order chi connectivity index (χ0) is 17.9. The number of allylic oxidation sites excluding steroid dienone is 1. The van der Waals surface area contributed by atoms with Crippen LogP contribution in [0.3, 0.4) is 0 Å². The minimum atomic E-state index is 0.132. The maximum absolute atomic E-state index is 6.28. The second-order valence-electron chi connectivity index (χ2n) is 6.62. The number of hydrogen-bond acceptors (Lipinski definition) is 2. The molecule has 0 amide bonds. The van der Waals surface area contributed by atoms with E-state index in [1.54, 1.807) is 0 Å². The molecule has 0 saturated heterocycles. The molecule has 0 aliphatic carbocycles. The first-order chi connectivity index (χ1) is 12.2. The van der Waals surface area contributed by atoms with Crippen molar-refractivity contribution in [2.24, 2.45) is 11.8 Å². The van der Waals surface area contributed by atoms with E-state index in [0.29, 0.717) is 31.7 Å². The Morgan fingerprint density at radius 3 is 1.96 bits per heavy atom. The molecular weight excluding hydrogens is 308 g/mol. The lowest BCUT2D eigenvalue weighted by Crippen LogP contribution is -2.31. The normalized spacial score (nSPS) is 15.2. The largest absolute Gasteiger partial charge is 0.376 e. The zero-order valence-electron chi connectivity index (χ0n) is 15.6. The lowest BCUT2D eigenvalue weighted by Gasteiger charge is -2.28. The van der Waals surface area contributed by atoms with E-state index in [1.807, 2.05) is 24.3 Å². The van der Waals surface area contributed by atoms with Crippen molar-refractivity contribution in [2.45, 2.75) is 40.1 Å². The second-order valence-corrected chi connectivity index (χ2v) is 6.62. The van der Waals surface area contributed by atoms with E-state index in [1.165, 1.54) is 11.1 Å². The Balaban J connectivity index is 1.89. The van der Waals surface area contributed by atoms with Gasteiger partial charge in [-0.25, -0.2) is 0 Å². The Morgan fingerprint density at radius 2 is 1.40 bits per heavy atom. The van der Waals surface area contributed by atoms with Crippen LogP contribution >= 0.6 is 0 Å². The number of hydrogen-bond donors (Lipinski definition) is 0.